The summed E-state index contributed by atoms with van der Waals surface area (Å²) >= 11 is 6.40. The second-order valence-corrected chi connectivity index (χ2v) is 4.02. The first kappa shape index (κ1) is 10.1. The van der Waals surface area contributed by atoms with Crippen LogP contribution in [0.15, 0.2) is 23.9 Å². The van der Waals surface area contributed by atoms with Crippen LogP contribution in [0.3, 0.4) is 0 Å². The number of rotatable bonds is 1. The van der Waals surface area contributed by atoms with E-state index in [0.29, 0.717) is 11.5 Å². The highest BCUT2D eigenvalue weighted by atomic mass is 35.5. The first-order valence-electron chi connectivity index (χ1n) is 4.38. The highest BCUT2D eigenvalue weighted by molar-refractivity contribution is 6.25. The zero-order valence-corrected chi connectivity index (χ0v) is 8.89. The number of tetrazole rings is 1. The minimum atomic E-state index is -0.975. The SMILES string of the molecule is Cn1nnnc1C1(Cl)C=CC=C(N)C1N. The van der Waals surface area contributed by atoms with Crippen molar-refractivity contribution in [1.29, 1.82) is 0 Å². The fourth-order valence-electron chi connectivity index (χ4n) is 1.52. The van der Waals surface area contributed by atoms with Gasteiger partial charge in [-0.2, -0.15) is 0 Å². The van der Waals surface area contributed by atoms with E-state index in [4.69, 9.17) is 23.1 Å². The summed E-state index contributed by atoms with van der Waals surface area (Å²) in [6, 6.07) is -0.533. The molecule has 15 heavy (non-hydrogen) atoms. The van der Waals surface area contributed by atoms with E-state index in [1.165, 1.54) is 4.68 Å². The Kier molecular flexibility index (Phi) is 2.24. The molecule has 0 bridgehead atoms. The van der Waals surface area contributed by atoms with Gasteiger partial charge >= 0.3 is 0 Å². The van der Waals surface area contributed by atoms with Crippen molar-refractivity contribution in [2.75, 3.05) is 0 Å². The molecule has 0 aromatic carbocycles. The lowest BCUT2D eigenvalue weighted by molar-refractivity contribution is 0.541. The second kappa shape index (κ2) is 3.32. The first-order chi connectivity index (χ1) is 7.05. The van der Waals surface area contributed by atoms with Gasteiger partial charge in [-0.15, -0.1) is 16.7 Å². The van der Waals surface area contributed by atoms with Gasteiger partial charge in [0.05, 0.1) is 6.04 Å². The van der Waals surface area contributed by atoms with Crippen molar-refractivity contribution in [3.8, 4) is 0 Å². The van der Waals surface area contributed by atoms with Crippen LogP contribution < -0.4 is 11.5 Å². The van der Waals surface area contributed by atoms with Gasteiger partial charge < -0.3 is 11.5 Å². The van der Waals surface area contributed by atoms with Crippen LogP contribution in [0.4, 0.5) is 0 Å². The molecule has 0 fully saturated rings. The molecule has 2 rings (SSSR count). The summed E-state index contributed by atoms with van der Waals surface area (Å²) in [5.41, 5.74) is 12.2. The molecule has 1 aliphatic carbocycles. The maximum atomic E-state index is 6.40. The number of hydrogen-bond donors (Lipinski definition) is 2. The van der Waals surface area contributed by atoms with Gasteiger partial charge in [-0.3, -0.25) is 0 Å². The molecule has 7 heteroatoms. The molecule has 1 aromatic heterocycles. The highest BCUT2D eigenvalue weighted by Gasteiger charge is 2.41. The normalized spacial score (nSPS) is 30.3. The smallest absolute Gasteiger partial charge is 0.177 e. The minimum absolute atomic E-state index is 0.476. The first-order valence-corrected chi connectivity index (χ1v) is 4.75. The molecule has 80 valence electrons. The largest absolute Gasteiger partial charge is 0.401 e. The van der Waals surface area contributed by atoms with Crippen LogP contribution in [0.1, 0.15) is 5.82 Å². The van der Waals surface area contributed by atoms with Crippen LogP contribution in [0.25, 0.3) is 0 Å². The Labute approximate surface area is 91.6 Å². The summed E-state index contributed by atoms with van der Waals surface area (Å²) in [6.07, 6.45) is 5.21. The molecule has 2 unspecified atom stereocenters. The number of allylic oxidation sites excluding steroid dienone is 2. The Hall–Kier alpha value is -1.40. The fourth-order valence-corrected chi connectivity index (χ4v) is 1.88. The summed E-state index contributed by atoms with van der Waals surface area (Å²) < 4.78 is 1.48. The van der Waals surface area contributed by atoms with E-state index < -0.39 is 10.9 Å². The van der Waals surface area contributed by atoms with Gasteiger partial charge in [-0.1, -0.05) is 12.2 Å². The van der Waals surface area contributed by atoms with Gasteiger partial charge in [-0.05, 0) is 16.5 Å². The monoisotopic (exact) mass is 226 g/mol. The van der Waals surface area contributed by atoms with E-state index in [2.05, 4.69) is 15.5 Å². The van der Waals surface area contributed by atoms with Gasteiger partial charge in [-0.25, -0.2) is 4.68 Å². The van der Waals surface area contributed by atoms with Crippen molar-refractivity contribution in [3.05, 3.63) is 29.7 Å². The topological polar surface area (TPSA) is 95.6 Å². The van der Waals surface area contributed by atoms with Crippen molar-refractivity contribution in [3.63, 3.8) is 0 Å². The summed E-state index contributed by atoms with van der Waals surface area (Å²) in [5.74, 6) is 0.476. The molecule has 2 atom stereocenters. The fraction of sp³-hybridized carbons (Fsp3) is 0.375. The molecule has 0 saturated carbocycles. The van der Waals surface area contributed by atoms with Crippen molar-refractivity contribution < 1.29 is 0 Å². The van der Waals surface area contributed by atoms with Crippen molar-refractivity contribution in [1.82, 2.24) is 20.2 Å². The number of nitrogens with zero attached hydrogens (tertiary/aromatic N) is 4. The quantitative estimate of drug-likeness (QED) is 0.623. The predicted molar refractivity (Wildman–Crippen MR) is 55.7 cm³/mol. The number of aromatic nitrogens is 4. The Morgan fingerprint density at radius 2 is 2.33 bits per heavy atom. The van der Waals surface area contributed by atoms with Crippen LogP contribution >= 0.6 is 11.6 Å². The molecular weight excluding hydrogens is 216 g/mol. The van der Waals surface area contributed by atoms with Crippen molar-refractivity contribution in [2.24, 2.45) is 18.5 Å². The number of alkyl halides is 1. The molecule has 1 aliphatic rings. The molecular formula is C8H11ClN6. The van der Waals surface area contributed by atoms with Gasteiger partial charge in [0, 0.05) is 12.7 Å². The zero-order chi connectivity index (χ0) is 11.1. The lowest BCUT2D eigenvalue weighted by atomic mass is 9.91. The summed E-state index contributed by atoms with van der Waals surface area (Å²) in [4.78, 5) is -0.975. The van der Waals surface area contributed by atoms with Crippen molar-refractivity contribution in [2.45, 2.75) is 10.9 Å². The molecule has 1 heterocycles. The highest BCUT2D eigenvalue weighted by Crippen LogP contribution is 2.35. The Balaban J connectivity index is 2.49. The van der Waals surface area contributed by atoms with E-state index in [9.17, 15) is 0 Å². The number of nitrogens with two attached hydrogens (primary N) is 2. The van der Waals surface area contributed by atoms with Crippen LogP contribution in [0.5, 0.6) is 0 Å². The standard InChI is InChI=1S/C8H11ClN6/c1-15-7(12-13-14-15)8(9)4-2-3-5(10)6(8)11/h2-4,6H,10-11H2,1H3. The number of halogens is 1. The van der Waals surface area contributed by atoms with E-state index >= 15 is 0 Å². The third-order valence-electron chi connectivity index (χ3n) is 2.40. The van der Waals surface area contributed by atoms with E-state index in [1.807, 2.05) is 0 Å². The van der Waals surface area contributed by atoms with Crippen LogP contribution in [0, 0.1) is 0 Å². The number of aryl methyl sites for hydroxylation is 1. The average molecular weight is 227 g/mol. The molecule has 0 aliphatic heterocycles. The predicted octanol–water partition coefficient (Wildman–Crippen LogP) is -0.616. The average Bonchev–Trinajstić information content (AvgIpc) is 2.61. The summed E-state index contributed by atoms with van der Waals surface area (Å²) in [6.45, 7) is 0. The third kappa shape index (κ3) is 1.42. The minimum Gasteiger partial charge on any atom is -0.401 e. The molecule has 0 amide bonds. The third-order valence-corrected chi connectivity index (χ3v) is 2.93. The molecule has 0 radical (unpaired) electrons. The zero-order valence-electron chi connectivity index (χ0n) is 8.13. The van der Waals surface area contributed by atoms with E-state index in [1.54, 1.807) is 25.3 Å². The van der Waals surface area contributed by atoms with Crippen LogP contribution in [0.2, 0.25) is 0 Å². The lowest BCUT2D eigenvalue weighted by Crippen LogP contribution is -2.46. The maximum Gasteiger partial charge on any atom is 0.177 e. The Bertz CT molecular complexity index is 436. The summed E-state index contributed by atoms with van der Waals surface area (Å²) in [7, 11) is 1.70. The number of hydrogen-bond acceptors (Lipinski definition) is 5. The molecule has 0 spiro atoms. The maximum absolute atomic E-state index is 6.40. The second-order valence-electron chi connectivity index (χ2n) is 3.40. The van der Waals surface area contributed by atoms with E-state index in [0.717, 1.165) is 0 Å². The van der Waals surface area contributed by atoms with Gasteiger partial charge in [0.1, 0.15) is 4.87 Å². The van der Waals surface area contributed by atoms with E-state index in [-0.39, 0.29) is 0 Å². The Morgan fingerprint density at radius 3 is 2.93 bits per heavy atom. The van der Waals surface area contributed by atoms with Gasteiger partial charge in [0.25, 0.3) is 0 Å². The van der Waals surface area contributed by atoms with Crippen molar-refractivity contribution >= 4 is 11.6 Å². The van der Waals surface area contributed by atoms with Gasteiger partial charge in [0.15, 0.2) is 5.82 Å². The molecule has 4 N–H and O–H groups in total. The molecule has 0 saturated heterocycles. The van der Waals surface area contributed by atoms with Gasteiger partial charge in [0.2, 0.25) is 0 Å². The summed E-state index contributed by atoms with van der Waals surface area (Å²) in [5, 5.41) is 11.1. The Morgan fingerprint density at radius 1 is 1.60 bits per heavy atom. The van der Waals surface area contributed by atoms with Crippen LogP contribution in [-0.4, -0.2) is 26.2 Å². The molecule has 6 nitrogen and oxygen atoms in total. The van der Waals surface area contributed by atoms with Crippen LogP contribution in [-0.2, 0) is 11.9 Å². The molecule has 1 aromatic rings. The lowest BCUT2D eigenvalue weighted by Gasteiger charge is -2.30.